The Morgan fingerprint density at radius 3 is 1.20 bits per heavy atom. The molecular weight excluding hydrogens is 474 g/mol. The molecule has 9 heteroatoms. The lowest BCUT2D eigenvalue weighted by atomic mass is 10.3. The Hall–Kier alpha value is -0.840. The van der Waals surface area contributed by atoms with E-state index < -0.39 is 5.98 Å². The van der Waals surface area contributed by atoms with E-state index in [1.54, 1.807) is 31.4 Å². The molecule has 0 aliphatic heterocycles. The van der Waals surface area contributed by atoms with Crippen molar-refractivity contribution in [3.8, 4) is 11.5 Å². The van der Waals surface area contributed by atoms with Gasteiger partial charge in [-0.25, -0.2) is 0 Å². The van der Waals surface area contributed by atoms with Gasteiger partial charge >= 0.3 is 0 Å². The molecule has 0 radical (unpaired) electrons. The third-order valence-electron chi connectivity index (χ3n) is 3.08. The van der Waals surface area contributed by atoms with Crippen LogP contribution in [0, 0.1) is 0 Å². The Morgan fingerprint density at radius 2 is 1.07 bits per heavy atom. The highest BCUT2D eigenvalue weighted by Gasteiger charge is 1.89. The van der Waals surface area contributed by atoms with Gasteiger partial charge in [-0.05, 0) is 43.9 Å². The predicted octanol–water partition coefficient (Wildman–Crippen LogP) is 8.54. The minimum absolute atomic E-state index is 0.322. The number of methoxy groups -OCH3 is 1. The van der Waals surface area contributed by atoms with E-state index in [0.29, 0.717) is 20.1 Å². The zero-order chi connectivity index (χ0) is 24.2. The van der Waals surface area contributed by atoms with E-state index in [1.165, 1.54) is 19.6 Å². The Labute approximate surface area is 197 Å². The number of alkyl halides is 2. The van der Waals surface area contributed by atoms with Crippen LogP contribution in [0.25, 0.3) is 0 Å². The lowest BCUT2D eigenvalue weighted by Crippen LogP contribution is -2.21. The van der Waals surface area contributed by atoms with Gasteiger partial charge in [0, 0.05) is 0 Å². The summed E-state index contributed by atoms with van der Waals surface area (Å²) in [5.41, 5.74) is 0. The van der Waals surface area contributed by atoms with E-state index in [9.17, 15) is 8.78 Å². The fourth-order valence-corrected chi connectivity index (χ4v) is 1.66. The van der Waals surface area contributed by atoms with E-state index in [4.69, 9.17) is 43.6 Å². The Kier molecular flexibility index (Phi) is 40.0. The Morgan fingerprint density at radius 1 is 0.767 bits per heavy atom. The van der Waals surface area contributed by atoms with Crippen LogP contribution in [-0.4, -0.2) is 51.1 Å². The number of halogens is 5. The molecule has 0 aliphatic rings. The number of hydrogen-bond donors (Lipinski definition) is 1. The number of phenols is 1. The van der Waals surface area contributed by atoms with Gasteiger partial charge in [0.1, 0.15) is 11.5 Å². The molecule has 2 aromatic rings. The SMILES string of the molecule is CCN(CC)CC.CF.CF.COc1ccccc1.ClP(Cl)Cl.Oc1ccccc1. The van der Waals surface area contributed by atoms with E-state index in [2.05, 4.69) is 25.7 Å². The molecule has 0 unspecified atom stereocenters. The van der Waals surface area contributed by atoms with Crippen LogP contribution < -0.4 is 4.74 Å². The zero-order valence-corrected chi connectivity index (χ0v) is 21.7. The number of nitrogens with zero attached hydrogens (tertiary/aromatic N) is 1. The van der Waals surface area contributed by atoms with Crippen molar-refractivity contribution in [1.82, 2.24) is 4.90 Å². The van der Waals surface area contributed by atoms with Gasteiger partial charge in [-0.1, -0.05) is 90.9 Å². The van der Waals surface area contributed by atoms with Crippen molar-refractivity contribution in [2.75, 3.05) is 41.1 Å². The summed E-state index contributed by atoms with van der Waals surface area (Å²) in [4.78, 5) is 2.38. The molecule has 0 fully saturated rings. The topological polar surface area (TPSA) is 32.7 Å². The summed E-state index contributed by atoms with van der Waals surface area (Å²) in [6.45, 7) is 10.1. The number of hydrogen-bond acceptors (Lipinski definition) is 3. The lowest BCUT2D eigenvalue weighted by molar-refractivity contribution is 0.321. The summed E-state index contributed by atoms with van der Waals surface area (Å²) >= 11 is 14.6. The molecule has 2 aromatic carbocycles. The fourth-order valence-electron chi connectivity index (χ4n) is 1.66. The number of ether oxygens (including phenoxy) is 1. The Bertz CT molecular complexity index is 504. The molecule has 0 spiro atoms. The predicted molar refractivity (Wildman–Crippen MR) is 133 cm³/mol. The van der Waals surface area contributed by atoms with E-state index in [-0.39, 0.29) is 0 Å². The molecule has 2 rings (SSSR count). The van der Waals surface area contributed by atoms with Crippen LogP contribution in [-0.2, 0) is 0 Å². The quantitative estimate of drug-likeness (QED) is 0.420. The third-order valence-corrected chi connectivity index (χ3v) is 3.08. The minimum Gasteiger partial charge on any atom is -0.508 e. The second-order valence-electron chi connectivity index (χ2n) is 4.66. The van der Waals surface area contributed by atoms with Gasteiger partial charge in [-0.3, -0.25) is 8.78 Å². The van der Waals surface area contributed by atoms with E-state index in [0.717, 1.165) is 5.75 Å². The molecule has 176 valence electrons. The second-order valence-corrected chi connectivity index (χ2v) is 9.65. The lowest BCUT2D eigenvalue weighted by Gasteiger charge is -2.13. The summed E-state index contributed by atoms with van der Waals surface area (Å²) in [5, 5.41) is 8.63. The van der Waals surface area contributed by atoms with Crippen LogP contribution >= 0.6 is 39.7 Å². The molecule has 30 heavy (non-hydrogen) atoms. The molecule has 0 atom stereocenters. The monoisotopic (exact) mass is 507 g/mol. The smallest absolute Gasteiger partial charge is 0.179 e. The average Bonchev–Trinajstić information content (AvgIpc) is 2.79. The van der Waals surface area contributed by atoms with Crippen molar-refractivity contribution in [1.29, 1.82) is 0 Å². The molecule has 0 saturated carbocycles. The van der Waals surface area contributed by atoms with Crippen LogP contribution in [0.4, 0.5) is 8.78 Å². The average molecular weight is 509 g/mol. The number of para-hydroxylation sites is 2. The first-order chi connectivity index (χ1) is 14.4. The molecule has 0 aromatic heterocycles. The molecule has 0 heterocycles. The second kappa shape index (κ2) is 32.8. The van der Waals surface area contributed by atoms with Gasteiger partial charge in [-0.2, -0.15) is 0 Å². The van der Waals surface area contributed by atoms with Gasteiger partial charge in [0.05, 0.1) is 21.5 Å². The molecule has 1 N–H and O–H groups in total. The number of benzene rings is 2. The number of phenolic OH excluding ortho intramolecular Hbond substituents is 1. The maximum Gasteiger partial charge on any atom is 0.179 e. The Balaban J connectivity index is -0.000000145. The fraction of sp³-hybridized carbons (Fsp3) is 0.429. The summed E-state index contributed by atoms with van der Waals surface area (Å²) < 4.78 is 23.9. The first kappa shape index (κ1) is 36.5. The molecule has 3 nitrogen and oxygen atoms in total. The maximum atomic E-state index is 9.50. The summed E-state index contributed by atoms with van der Waals surface area (Å²) in [6, 6.07) is 18.4. The highest BCUT2D eigenvalue weighted by molar-refractivity contribution is 8.20. The van der Waals surface area contributed by atoms with Crippen LogP contribution in [0.3, 0.4) is 0 Å². The molecule has 0 bridgehead atoms. The van der Waals surface area contributed by atoms with Gasteiger partial charge < -0.3 is 14.7 Å². The summed E-state index contributed by atoms with van der Waals surface area (Å²) in [5.74, 6) is 0.0278. The van der Waals surface area contributed by atoms with Crippen molar-refractivity contribution in [2.45, 2.75) is 20.8 Å². The van der Waals surface area contributed by atoms with Crippen LogP contribution in [0.1, 0.15) is 20.8 Å². The first-order valence-electron chi connectivity index (χ1n) is 8.99. The summed E-state index contributed by atoms with van der Waals surface area (Å²) in [7, 11) is 2.66. The highest BCUT2D eigenvalue weighted by Crippen LogP contribution is 2.51. The van der Waals surface area contributed by atoms with Gasteiger partial charge in [0.25, 0.3) is 0 Å². The normalized spacial score (nSPS) is 8.30. The van der Waals surface area contributed by atoms with E-state index >= 15 is 0 Å². The van der Waals surface area contributed by atoms with Crippen molar-refractivity contribution in [3.05, 3.63) is 60.7 Å². The van der Waals surface area contributed by atoms with Crippen LogP contribution in [0.2, 0.25) is 0 Å². The molecule has 0 amide bonds. The van der Waals surface area contributed by atoms with Crippen molar-refractivity contribution in [3.63, 3.8) is 0 Å². The first-order valence-corrected chi connectivity index (χ1v) is 13.0. The zero-order valence-electron chi connectivity index (χ0n) is 18.5. The largest absolute Gasteiger partial charge is 0.508 e. The van der Waals surface area contributed by atoms with Crippen LogP contribution in [0.15, 0.2) is 60.7 Å². The minimum atomic E-state index is -1.20. The van der Waals surface area contributed by atoms with Crippen molar-refractivity contribution >= 4 is 39.7 Å². The molecular formula is C21H35Cl3F2NO2P. The number of aromatic hydroxyl groups is 1. The van der Waals surface area contributed by atoms with E-state index in [1.807, 2.05) is 36.4 Å². The third kappa shape index (κ3) is 34.7. The van der Waals surface area contributed by atoms with Crippen molar-refractivity contribution in [2.24, 2.45) is 0 Å². The van der Waals surface area contributed by atoms with Crippen LogP contribution in [0.5, 0.6) is 11.5 Å². The molecule has 0 aliphatic carbocycles. The highest BCUT2D eigenvalue weighted by atomic mass is 36.0. The van der Waals surface area contributed by atoms with Gasteiger partial charge in [0.2, 0.25) is 0 Å². The summed E-state index contributed by atoms with van der Waals surface area (Å²) in [6.07, 6.45) is 0. The maximum absolute atomic E-state index is 9.50. The standard InChI is InChI=1S/C7H8O.C6H15N.C6H6O.2CH3F.Cl3P/c1-8-7-5-3-2-4-6-7;1-4-7(5-2)6-3;7-6-4-2-1-3-5-6;2*1-2;1-4(2)3/h2-6H,1H3;4-6H2,1-3H3;1-5,7H;2*1H3;. The number of rotatable bonds is 4. The molecule has 0 saturated heterocycles. The van der Waals surface area contributed by atoms with Crippen molar-refractivity contribution < 1.29 is 18.6 Å². The van der Waals surface area contributed by atoms with Gasteiger partial charge in [0.15, 0.2) is 5.98 Å². The van der Waals surface area contributed by atoms with Gasteiger partial charge in [-0.15, -0.1) is 0 Å².